The van der Waals surface area contributed by atoms with Crippen LogP contribution in [-0.4, -0.2) is 19.3 Å². The van der Waals surface area contributed by atoms with E-state index in [4.69, 9.17) is 0 Å². The predicted molar refractivity (Wildman–Crippen MR) is 115 cm³/mol. The van der Waals surface area contributed by atoms with Crippen LogP contribution in [0.25, 0.3) is 16.7 Å². The Balaban J connectivity index is 1.62. The maximum atomic E-state index is 4.37. The van der Waals surface area contributed by atoms with Gasteiger partial charge in [0.15, 0.2) is 0 Å². The van der Waals surface area contributed by atoms with Crippen molar-refractivity contribution in [3.8, 4) is 5.69 Å². The number of unbranched alkanes of at least 4 members (excludes halogenated alkanes) is 1. The average Bonchev–Trinajstić information content (AvgIpc) is 3.26. The molecule has 0 aliphatic carbocycles. The molecule has 4 aromatic rings. The maximum absolute atomic E-state index is 4.37. The zero-order chi connectivity index (χ0) is 20.4. The minimum atomic E-state index is 0.0260. The molecule has 0 aliphatic heterocycles. The molecular weight excluding hydrogens is 539 g/mol. The standard InChI is InChI=1S/C24H28N4.Pt/c1-19-17-20(26-25-19)11-9-10-16-24(2,3)28-18-27(21-12-5-4-6-13-21)22-14-7-8-15-23(22)28;/h4-8,12-15,17H,9-11,16H2,1-3H3,(H,25,26);. The second kappa shape index (κ2) is 8.28. The van der Waals surface area contributed by atoms with Gasteiger partial charge >= 0.3 is 183 Å². The number of hydrogen-bond donors (Lipinski definition) is 1. The van der Waals surface area contributed by atoms with Crippen LogP contribution in [-0.2, 0) is 31.3 Å². The van der Waals surface area contributed by atoms with Gasteiger partial charge in [0.2, 0.25) is 0 Å². The Morgan fingerprint density at radius 3 is 2.34 bits per heavy atom. The first kappa shape index (κ1) is 20.1. The van der Waals surface area contributed by atoms with Crippen molar-refractivity contribution in [1.82, 2.24) is 19.3 Å². The molecule has 29 heavy (non-hydrogen) atoms. The molecule has 2 heterocycles. The molecule has 4 rings (SSSR count). The molecule has 2 aromatic heterocycles. The quantitative estimate of drug-likeness (QED) is 0.287. The summed E-state index contributed by atoms with van der Waals surface area (Å²) in [4.78, 5) is 0. The Kier molecular flexibility index (Phi) is 5.74. The molecule has 0 saturated carbocycles. The van der Waals surface area contributed by atoms with Crippen LogP contribution < -0.4 is 0 Å². The van der Waals surface area contributed by atoms with Gasteiger partial charge in [-0.15, -0.1) is 0 Å². The van der Waals surface area contributed by atoms with E-state index >= 15 is 0 Å². The summed E-state index contributed by atoms with van der Waals surface area (Å²) in [5.74, 6) is 0. The summed E-state index contributed by atoms with van der Waals surface area (Å²) in [7, 11) is 0. The zero-order valence-electron chi connectivity index (χ0n) is 17.3. The molecule has 0 aliphatic rings. The summed E-state index contributed by atoms with van der Waals surface area (Å²) in [6, 6.07) is 21.5. The Bertz CT molecular complexity index is 1160. The second-order valence-corrected chi connectivity index (χ2v) is 9.31. The van der Waals surface area contributed by atoms with Crippen LogP contribution in [0.1, 0.15) is 44.5 Å². The minimum absolute atomic E-state index is 0.0260. The monoisotopic (exact) mass is 567 g/mol. The number of H-pyrrole nitrogens is 1. The summed E-state index contributed by atoms with van der Waals surface area (Å²) in [6.07, 6.45) is 4.49. The molecule has 0 fully saturated rings. The van der Waals surface area contributed by atoms with Gasteiger partial charge in [0, 0.05) is 0 Å². The number of imidazole rings is 1. The number of aryl methyl sites for hydroxylation is 2. The molecule has 0 atom stereocenters. The van der Waals surface area contributed by atoms with E-state index in [0.29, 0.717) is 0 Å². The fourth-order valence-electron chi connectivity index (χ4n) is 4.08. The van der Waals surface area contributed by atoms with E-state index in [1.165, 1.54) is 32.6 Å². The first-order chi connectivity index (χ1) is 14.0. The SMILES string of the molecule is Cc1cc(CCCCC(C)(C)n2[c](=[Pt])n(-c3ccccc3)c3ccccc32)n[nH]1. The molecule has 0 amide bonds. The molecule has 4 nitrogen and oxygen atoms in total. The number of rotatable bonds is 7. The van der Waals surface area contributed by atoms with Gasteiger partial charge in [-0.05, 0) is 0 Å². The molecule has 1 N–H and O–H groups in total. The van der Waals surface area contributed by atoms with E-state index in [-0.39, 0.29) is 5.54 Å². The fourth-order valence-corrected chi connectivity index (χ4v) is 5.60. The Hall–Kier alpha value is -2.19. The molecule has 0 spiro atoms. The van der Waals surface area contributed by atoms with Crippen molar-refractivity contribution >= 4 is 11.0 Å². The van der Waals surface area contributed by atoms with Crippen LogP contribution in [0.2, 0.25) is 0 Å². The van der Waals surface area contributed by atoms with Gasteiger partial charge in [-0.2, -0.15) is 0 Å². The van der Waals surface area contributed by atoms with Crippen molar-refractivity contribution in [2.45, 2.75) is 52.0 Å². The first-order valence-corrected chi connectivity index (χ1v) is 11.4. The van der Waals surface area contributed by atoms with Crippen LogP contribution in [0.15, 0.2) is 60.7 Å². The second-order valence-electron chi connectivity index (χ2n) is 8.30. The van der Waals surface area contributed by atoms with Crippen molar-refractivity contribution in [3.63, 3.8) is 0 Å². The molecule has 0 unspecified atom stereocenters. The number of aromatic amines is 1. The number of para-hydroxylation sites is 3. The first-order valence-electron chi connectivity index (χ1n) is 10.2. The third-order valence-electron chi connectivity index (χ3n) is 5.56. The normalized spacial score (nSPS) is 12.0. The van der Waals surface area contributed by atoms with Crippen LogP contribution in [0.3, 0.4) is 0 Å². The number of aromatic nitrogens is 4. The predicted octanol–water partition coefficient (Wildman–Crippen LogP) is 5.69. The molecule has 2 aromatic carbocycles. The topological polar surface area (TPSA) is 38.5 Å². The van der Waals surface area contributed by atoms with E-state index in [0.717, 1.165) is 25.0 Å². The fraction of sp³-hybridized carbons (Fsp3) is 0.333. The van der Waals surface area contributed by atoms with Crippen molar-refractivity contribution < 1.29 is 19.4 Å². The van der Waals surface area contributed by atoms with Crippen molar-refractivity contribution in [2.24, 2.45) is 0 Å². The Labute approximate surface area is 183 Å². The number of nitrogens with zero attached hydrogens (tertiary/aromatic N) is 3. The van der Waals surface area contributed by atoms with Crippen molar-refractivity contribution in [3.05, 3.63) is 75.9 Å². The average molecular weight is 568 g/mol. The third kappa shape index (κ3) is 4.09. The van der Waals surface area contributed by atoms with Gasteiger partial charge in [0.05, 0.1) is 0 Å². The summed E-state index contributed by atoms with van der Waals surface area (Å²) in [6.45, 7) is 6.77. The molecule has 154 valence electrons. The van der Waals surface area contributed by atoms with Gasteiger partial charge in [0.25, 0.3) is 0 Å². The molecule has 5 heteroatoms. The van der Waals surface area contributed by atoms with Crippen molar-refractivity contribution in [1.29, 1.82) is 0 Å². The molecule has 0 bridgehead atoms. The number of fused-ring (bicyclic) bond motifs is 1. The van der Waals surface area contributed by atoms with E-state index in [1.54, 1.807) is 0 Å². The third-order valence-corrected chi connectivity index (χ3v) is 6.57. The Morgan fingerprint density at radius 1 is 0.966 bits per heavy atom. The summed E-state index contributed by atoms with van der Waals surface area (Å²) in [5.41, 5.74) is 6.08. The van der Waals surface area contributed by atoms with E-state index < -0.39 is 0 Å². The van der Waals surface area contributed by atoms with E-state index in [9.17, 15) is 0 Å². The van der Waals surface area contributed by atoms with E-state index in [2.05, 4.69) is 120 Å². The van der Waals surface area contributed by atoms with Gasteiger partial charge in [-0.3, -0.25) is 0 Å². The van der Waals surface area contributed by atoms with Gasteiger partial charge in [-0.25, -0.2) is 0 Å². The molecule has 0 radical (unpaired) electrons. The van der Waals surface area contributed by atoms with Gasteiger partial charge < -0.3 is 0 Å². The number of nitrogens with one attached hydrogen (secondary N) is 1. The van der Waals surface area contributed by atoms with Crippen LogP contribution in [0.4, 0.5) is 0 Å². The van der Waals surface area contributed by atoms with Crippen LogP contribution in [0, 0.1) is 10.7 Å². The summed E-state index contributed by atoms with van der Waals surface area (Å²) < 4.78 is 6.12. The van der Waals surface area contributed by atoms with Crippen LogP contribution >= 0.6 is 0 Å². The summed E-state index contributed by atoms with van der Waals surface area (Å²) >= 11 is 2.49. The van der Waals surface area contributed by atoms with Gasteiger partial charge in [-0.1, -0.05) is 0 Å². The number of benzene rings is 2. The van der Waals surface area contributed by atoms with E-state index in [1.807, 2.05) is 0 Å². The Morgan fingerprint density at radius 2 is 1.66 bits per heavy atom. The zero-order valence-corrected chi connectivity index (χ0v) is 19.5. The summed E-state index contributed by atoms with van der Waals surface area (Å²) in [5, 5.41) is 7.40. The molecular formula is C24H28N4Pt. The van der Waals surface area contributed by atoms with Crippen molar-refractivity contribution in [2.75, 3.05) is 0 Å². The van der Waals surface area contributed by atoms with Gasteiger partial charge in [0.1, 0.15) is 0 Å². The van der Waals surface area contributed by atoms with Crippen LogP contribution in [0.5, 0.6) is 0 Å². The molecule has 0 saturated heterocycles. The number of hydrogen-bond acceptors (Lipinski definition) is 1.